The van der Waals surface area contributed by atoms with Gasteiger partial charge in [0.2, 0.25) is 0 Å². The van der Waals surface area contributed by atoms with E-state index in [0.29, 0.717) is 0 Å². The molecule has 0 aromatic rings. The van der Waals surface area contributed by atoms with Crippen LogP contribution in [0.3, 0.4) is 0 Å². The molecule has 0 aromatic carbocycles. The van der Waals surface area contributed by atoms with Gasteiger partial charge in [-0.3, -0.25) is 4.90 Å². The lowest BCUT2D eigenvalue weighted by atomic mass is 9.87. The van der Waals surface area contributed by atoms with E-state index in [1.165, 1.54) is 12.8 Å². The number of hydrogen-bond donors (Lipinski definition) is 1. The van der Waals surface area contributed by atoms with Crippen LogP contribution in [0.4, 0.5) is 0 Å². The van der Waals surface area contributed by atoms with Crippen LogP contribution in [0.25, 0.3) is 0 Å². The van der Waals surface area contributed by atoms with Crippen molar-refractivity contribution in [3.63, 3.8) is 0 Å². The SMILES string of the molecule is CCC(C)(C=O)CN1CCCCC1CO. The highest BCUT2D eigenvalue weighted by molar-refractivity contribution is 5.58. The molecule has 0 bridgehead atoms. The van der Waals surface area contributed by atoms with Gasteiger partial charge in [0.15, 0.2) is 0 Å². The van der Waals surface area contributed by atoms with Crippen LogP contribution in [-0.2, 0) is 4.79 Å². The molecule has 1 saturated heterocycles. The van der Waals surface area contributed by atoms with Gasteiger partial charge in [0.1, 0.15) is 6.29 Å². The second kappa shape index (κ2) is 5.61. The summed E-state index contributed by atoms with van der Waals surface area (Å²) in [6.45, 7) is 6.08. The third kappa shape index (κ3) is 3.28. The number of likely N-dealkylation sites (tertiary alicyclic amines) is 1. The summed E-state index contributed by atoms with van der Waals surface area (Å²) >= 11 is 0. The first-order chi connectivity index (χ1) is 7.15. The Morgan fingerprint density at radius 1 is 1.53 bits per heavy atom. The zero-order valence-corrected chi connectivity index (χ0v) is 9.91. The van der Waals surface area contributed by atoms with Gasteiger partial charge < -0.3 is 9.90 Å². The Hall–Kier alpha value is -0.410. The summed E-state index contributed by atoms with van der Waals surface area (Å²) in [5.74, 6) is 0. The highest BCUT2D eigenvalue weighted by atomic mass is 16.3. The van der Waals surface area contributed by atoms with E-state index in [2.05, 4.69) is 4.90 Å². The molecule has 1 N–H and O–H groups in total. The van der Waals surface area contributed by atoms with E-state index < -0.39 is 0 Å². The Morgan fingerprint density at radius 3 is 2.80 bits per heavy atom. The molecule has 1 aliphatic rings. The first-order valence-electron chi connectivity index (χ1n) is 5.96. The molecule has 15 heavy (non-hydrogen) atoms. The Bertz CT molecular complexity index is 208. The molecular weight excluding hydrogens is 190 g/mol. The molecular formula is C12H23NO2. The number of carbonyl (C=O) groups excluding carboxylic acids is 1. The van der Waals surface area contributed by atoms with Crippen LogP contribution in [0.5, 0.6) is 0 Å². The van der Waals surface area contributed by atoms with E-state index in [4.69, 9.17) is 0 Å². The normalized spacial score (nSPS) is 27.3. The summed E-state index contributed by atoms with van der Waals surface area (Å²) in [6, 6.07) is 0.268. The van der Waals surface area contributed by atoms with Crippen molar-refractivity contribution >= 4 is 6.29 Å². The van der Waals surface area contributed by atoms with E-state index in [9.17, 15) is 9.90 Å². The van der Waals surface area contributed by atoms with Crippen LogP contribution >= 0.6 is 0 Å². The number of aldehydes is 1. The monoisotopic (exact) mass is 213 g/mol. The van der Waals surface area contributed by atoms with Gasteiger partial charge in [-0.25, -0.2) is 0 Å². The molecule has 0 radical (unpaired) electrons. The van der Waals surface area contributed by atoms with E-state index >= 15 is 0 Å². The standard InChI is InChI=1S/C12H23NO2/c1-3-12(2,10-15)9-13-7-5-4-6-11(13)8-14/h10-11,14H,3-9H2,1-2H3. The van der Waals surface area contributed by atoms with Crippen LogP contribution in [-0.4, -0.2) is 42.0 Å². The van der Waals surface area contributed by atoms with Crippen molar-refractivity contribution in [2.45, 2.75) is 45.6 Å². The number of aliphatic hydroxyl groups is 1. The highest BCUT2D eigenvalue weighted by Gasteiger charge is 2.29. The summed E-state index contributed by atoms with van der Waals surface area (Å²) in [5.41, 5.74) is -0.245. The maximum absolute atomic E-state index is 11.0. The van der Waals surface area contributed by atoms with Gasteiger partial charge in [0.05, 0.1) is 6.61 Å². The highest BCUT2D eigenvalue weighted by Crippen LogP contribution is 2.24. The fraction of sp³-hybridized carbons (Fsp3) is 0.917. The summed E-state index contributed by atoms with van der Waals surface area (Å²) in [4.78, 5) is 13.3. The molecule has 0 aliphatic carbocycles. The van der Waals surface area contributed by atoms with Gasteiger partial charge in [-0.1, -0.05) is 20.3 Å². The van der Waals surface area contributed by atoms with Crippen LogP contribution in [0, 0.1) is 5.41 Å². The van der Waals surface area contributed by atoms with Crippen molar-refractivity contribution in [1.29, 1.82) is 0 Å². The topological polar surface area (TPSA) is 40.5 Å². The third-order valence-electron chi connectivity index (χ3n) is 3.62. The number of piperidine rings is 1. The summed E-state index contributed by atoms with van der Waals surface area (Å²) in [5, 5.41) is 9.27. The average Bonchev–Trinajstić information content (AvgIpc) is 2.29. The Balaban J connectivity index is 2.57. The van der Waals surface area contributed by atoms with E-state index in [-0.39, 0.29) is 18.1 Å². The Morgan fingerprint density at radius 2 is 2.27 bits per heavy atom. The summed E-state index contributed by atoms with van der Waals surface area (Å²) in [6.07, 6.45) is 5.39. The Kier molecular flexibility index (Phi) is 4.74. The minimum absolute atomic E-state index is 0.221. The molecule has 3 nitrogen and oxygen atoms in total. The van der Waals surface area contributed by atoms with Crippen molar-refractivity contribution in [1.82, 2.24) is 4.90 Å². The minimum Gasteiger partial charge on any atom is -0.395 e. The van der Waals surface area contributed by atoms with Gasteiger partial charge in [-0.2, -0.15) is 0 Å². The molecule has 1 aliphatic heterocycles. The molecule has 0 saturated carbocycles. The lowest BCUT2D eigenvalue weighted by Gasteiger charge is -2.38. The first-order valence-corrected chi connectivity index (χ1v) is 5.96. The first kappa shape index (κ1) is 12.7. The number of carbonyl (C=O) groups is 1. The van der Waals surface area contributed by atoms with Gasteiger partial charge in [0.25, 0.3) is 0 Å². The van der Waals surface area contributed by atoms with E-state index in [1.807, 2.05) is 13.8 Å². The predicted molar refractivity (Wildman–Crippen MR) is 60.8 cm³/mol. The third-order valence-corrected chi connectivity index (χ3v) is 3.62. The van der Waals surface area contributed by atoms with Gasteiger partial charge in [-0.05, 0) is 25.8 Å². The molecule has 2 atom stereocenters. The molecule has 1 fully saturated rings. The number of rotatable bonds is 5. The van der Waals surface area contributed by atoms with Crippen LogP contribution in [0.15, 0.2) is 0 Å². The fourth-order valence-electron chi connectivity index (χ4n) is 2.17. The van der Waals surface area contributed by atoms with Gasteiger partial charge in [0, 0.05) is 18.0 Å². The smallest absolute Gasteiger partial charge is 0.127 e. The second-order valence-corrected chi connectivity index (χ2v) is 4.93. The van der Waals surface area contributed by atoms with Crippen LogP contribution in [0.1, 0.15) is 39.5 Å². The van der Waals surface area contributed by atoms with Crippen LogP contribution in [0.2, 0.25) is 0 Å². The van der Waals surface area contributed by atoms with Crippen LogP contribution < -0.4 is 0 Å². The number of aliphatic hydroxyl groups excluding tert-OH is 1. The molecule has 88 valence electrons. The lowest BCUT2D eigenvalue weighted by molar-refractivity contribution is -0.117. The van der Waals surface area contributed by atoms with Crippen molar-refractivity contribution in [3.8, 4) is 0 Å². The average molecular weight is 213 g/mol. The lowest BCUT2D eigenvalue weighted by Crippen LogP contribution is -2.47. The summed E-state index contributed by atoms with van der Waals surface area (Å²) in [7, 11) is 0. The number of nitrogens with zero attached hydrogens (tertiary/aromatic N) is 1. The predicted octanol–water partition coefficient (Wildman–Crippen LogP) is 1.45. The zero-order valence-electron chi connectivity index (χ0n) is 9.91. The van der Waals surface area contributed by atoms with Crippen molar-refractivity contribution in [2.75, 3.05) is 19.7 Å². The second-order valence-electron chi connectivity index (χ2n) is 4.93. The van der Waals surface area contributed by atoms with Crippen molar-refractivity contribution < 1.29 is 9.90 Å². The van der Waals surface area contributed by atoms with E-state index in [1.54, 1.807) is 0 Å². The molecule has 0 amide bonds. The molecule has 1 heterocycles. The number of hydrogen-bond acceptors (Lipinski definition) is 3. The van der Waals surface area contributed by atoms with Crippen molar-refractivity contribution in [3.05, 3.63) is 0 Å². The van der Waals surface area contributed by atoms with Gasteiger partial charge in [-0.15, -0.1) is 0 Å². The van der Waals surface area contributed by atoms with E-state index in [0.717, 1.165) is 32.2 Å². The Labute approximate surface area is 92.5 Å². The quantitative estimate of drug-likeness (QED) is 0.703. The molecule has 0 spiro atoms. The maximum Gasteiger partial charge on any atom is 0.127 e. The molecule has 1 rings (SSSR count). The minimum atomic E-state index is -0.245. The molecule has 0 aromatic heterocycles. The van der Waals surface area contributed by atoms with Gasteiger partial charge >= 0.3 is 0 Å². The summed E-state index contributed by atoms with van der Waals surface area (Å²) < 4.78 is 0. The fourth-order valence-corrected chi connectivity index (χ4v) is 2.17. The molecule has 3 heteroatoms. The van der Waals surface area contributed by atoms with Crippen molar-refractivity contribution in [2.24, 2.45) is 5.41 Å². The largest absolute Gasteiger partial charge is 0.395 e. The molecule has 2 unspecified atom stereocenters. The zero-order chi connectivity index (χ0) is 11.3. The maximum atomic E-state index is 11.0.